The third-order valence-electron chi connectivity index (χ3n) is 4.88. The van der Waals surface area contributed by atoms with Crippen molar-refractivity contribution in [1.82, 2.24) is 10.1 Å². The molecule has 9 heteroatoms. The van der Waals surface area contributed by atoms with Crippen LogP contribution in [0, 0.1) is 0 Å². The molecule has 0 saturated carbocycles. The summed E-state index contributed by atoms with van der Waals surface area (Å²) in [7, 11) is 0. The number of halogens is 1. The lowest BCUT2D eigenvalue weighted by Gasteiger charge is -2.11. The molecular weight excluding hydrogens is 460 g/mol. The lowest BCUT2D eigenvalue weighted by atomic mass is 10.1. The van der Waals surface area contributed by atoms with E-state index >= 15 is 0 Å². The summed E-state index contributed by atoms with van der Waals surface area (Å²) >= 11 is 6.35. The van der Waals surface area contributed by atoms with Gasteiger partial charge in [0.2, 0.25) is 5.82 Å². The van der Waals surface area contributed by atoms with Crippen molar-refractivity contribution in [2.24, 2.45) is 0 Å². The number of hydrogen-bond donors (Lipinski definition) is 0. The van der Waals surface area contributed by atoms with Crippen molar-refractivity contribution in [3.63, 3.8) is 0 Å². The zero-order valence-corrected chi connectivity index (χ0v) is 19.9. The minimum absolute atomic E-state index is 0.0141. The third kappa shape index (κ3) is 5.34. The van der Waals surface area contributed by atoms with E-state index in [4.69, 9.17) is 34.8 Å². The number of furan rings is 1. The molecular formula is C25H25ClN2O6. The second-order valence-electron chi connectivity index (χ2n) is 7.77. The number of nitrogens with zero attached hydrogens (tertiary/aromatic N) is 2. The van der Waals surface area contributed by atoms with Crippen molar-refractivity contribution in [3.8, 4) is 34.3 Å². The van der Waals surface area contributed by atoms with Gasteiger partial charge in [0, 0.05) is 22.9 Å². The third-order valence-corrected chi connectivity index (χ3v) is 5.17. The molecule has 0 atom stereocenters. The van der Waals surface area contributed by atoms with Crippen LogP contribution >= 0.6 is 11.6 Å². The first-order chi connectivity index (χ1) is 16.5. The Morgan fingerprint density at radius 3 is 2.74 bits per heavy atom. The topological polar surface area (TPSA) is 96.8 Å². The Morgan fingerprint density at radius 2 is 1.97 bits per heavy atom. The maximum absolute atomic E-state index is 11.5. The molecule has 0 bridgehead atoms. The fourth-order valence-electron chi connectivity index (χ4n) is 3.41. The summed E-state index contributed by atoms with van der Waals surface area (Å²) in [6.07, 6.45) is 2.43. The molecule has 4 rings (SSSR count). The van der Waals surface area contributed by atoms with Gasteiger partial charge >= 0.3 is 5.97 Å². The van der Waals surface area contributed by atoms with Crippen LogP contribution < -0.4 is 9.47 Å². The molecule has 34 heavy (non-hydrogen) atoms. The number of fused-ring (bicyclic) bond motifs is 1. The molecule has 2 aromatic heterocycles. The van der Waals surface area contributed by atoms with Gasteiger partial charge in [0.05, 0.1) is 30.6 Å². The molecule has 2 aromatic carbocycles. The standard InChI is InChI=1S/C25H25ClN2O6/c1-4-30-22(29)6-5-12-31-21-10-8-18(17-11-13-32-23(17)21)24-27-25(34-28-24)16-7-9-20(19(26)14-16)33-15(2)3/h7-11,13-15H,4-6,12H2,1-3H3. The average molecular weight is 485 g/mol. The maximum atomic E-state index is 11.5. The highest BCUT2D eigenvalue weighted by Crippen LogP contribution is 2.36. The average Bonchev–Trinajstić information content (AvgIpc) is 3.48. The fraction of sp³-hybridized carbons (Fsp3) is 0.320. The quantitative estimate of drug-likeness (QED) is 0.191. The van der Waals surface area contributed by atoms with E-state index in [1.54, 1.807) is 31.4 Å². The van der Waals surface area contributed by atoms with Gasteiger partial charge in [-0.05, 0) is 63.6 Å². The lowest BCUT2D eigenvalue weighted by Crippen LogP contribution is -2.06. The Balaban J connectivity index is 1.51. The van der Waals surface area contributed by atoms with Crippen molar-refractivity contribution in [2.75, 3.05) is 13.2 Å². The van der Waals surface area contributed by atoms with E-state index in [-0.39, 0.29) is 12.1 Å². The monoisotopic (exact) mass is 484 g/mol. The minimum Gasteiger partial charge on any atom is -0.490 e. The van der Waals surface area contributed by atoms with Crippen LogP contribution in [-0.2, 0) is 9.53 Å². The van der Waals surface area contributed by atoms with Gasteiger partial charge in [0.1, 0.15) is 5.75 Å². The van der Waals surface area contributed by atoms with Crippen LogP contribution in [0.25, 0.3) is 33.8 Å². The number of hydrogen-bond acceptors (Lipinski definition) is 8. The molecule has 0 saturated heterocycles. The predicted molar refractivity (Wildman–Crippen MR) is 127 cm³/mol. The summed E-state index contributed by atoms with van der Waals surface area (Å²) in [4.78, 5) is 16.0. The molecule has 0 fully saturated rings. The summed E-state index contributed by atoms with van der Waals surface area (Å²) in [6, 6.07) is 10.8. The van der Waals surface area contributed by atoms with Crippen LogP contribution in [0.3, 0.4) is 0 Å². The number of carbonyl (C=O) groups excluding carboxylic acids is 1. The van der Waals surface area contributed by atoms with Gasteiger partial charge in [0.25, 0.3) is 5.89 Å². The molecule has 0 aliphatic rings. The van der Waals surface area contributed by atoms with Gasteiger partial charge in [-0.25, -0.2) is 0 Å². The van der Waals surface area contributed by atoms with Gasteiger partial charge in [-0.15, -0.1) is 0 Å². The van der Waals surface area contributed by atoms with Crippen LogP contribution in [0.4, 0.5) is 0 Å². The summed E-state index contributed by atoms with van der Waals surface area (Å²) in [5.74, 6) is 1.68. The number of aromatic nitrogens is 2. The van der Waals surface area contributed by atoms with Gasteiger partial charge in [-0.2, -0.15) is 4.98 Å². The smallest absolute Gasteiger partial charge is 0.305 e. The van der Waals surface area contributed by atoms with Crippen molar-refractivity contribution < 1.29 is 27.9 Å². The Hall–Kier alpha value is -3.52. The van der Waals surface area contributed by atoms with Crippen LogP contribution in [0.15, 0.2) is 51.6 Å². The van der Waals surface area contributed by atoms with Crippen molar-refractivity contribution in [3.05, 3.63) is 47.7 Å². The Bertz CT molecular complexity index is 1280. The van der Waals surface area contributed by atoms with E-state index in [0.717, 1.165) is 10.9 Å². The molecule has 2 heterocycles. The van der Waals surface area contributed by atoms with Gasteiger partial charge in [-0.1, -0.05) is 16.8 Å². The first-order valence-electron chi connectivity index (χ1n) is 11.1. The molecule has 0 unspecified atom stereocenters. The van der Waals surface area contributed by atoms with Crippen molar-refractivity contribution in [2.45, 2.75) is 39.7 Å². The molecule has 0 aliphatic heterocycles. The van der Waals surface area contributed by atoms with E-state index in [1.165, 1.54) is 0 Å². The second-order valence-corrected chi connectivity index (χ2v) is 8.17. The summed E-state index contributed by atoms with van der Waals surface area (Å²) < 4.78 is 27.6. The van der Waals surface area contributed by atoms with E-state index in [0.29, 0.717) is 65.4 Å². The van der Waals surface area contributed by atoms with E-state index in [1.807, 2.05) is 32.0 Å². The van der Waals surface area contributed by atoms with Crippen LogP contribution in [0.1, 0.15) is 33.6 Å². The molecule has 178 valence electrons. The number of carbonyl (C=O) groups is 1. The Labute approximate surface area is 201 Å². The van der Waals surface area contributed by atoms with Crippen molar-refractivity contribution >= 4 is 28.5 Å². The van der Waals surface area contributed by atoms with Crippen LogP contribution in [-0.4, -0.2) is 35.4 Å². The highest BCUT2D eigenvalue weighted by molar-refractivity contribution is 6.32. The lowest BCUT2D eigenvalue weighted by molar-refractivity contribution is -0.143. The molecule has 0 aliphatic carbocycles. The molecule has 0 amide bonds. The maximum Gasteiger partial charge on any atom is 0.305 e. The fourth-order valence-corrected chi connectivity index (χ4v) is 3.64. The van der Waals surface area contributed by atoms with Gasteiger partial charge in [0.15, 0.2) is 11.3 Å². The SMILES string of the molecule is CCOC(=O)CCCOc1ccc(-c2noc(-c3ccc(OC(C)C)c(Cl)c3)n2)c2ccoc12. The minimum atomic E-state index is -0.235. The zero-order valence-electron chi connectivity index (χ0n) is 19.2. The molecule has 4 aromatic rings. The molecule has 0 radical (unpaired) electrons. The number of benzene rings is 2. The summed E-state index contributed by atoms with van der Waals surface area (Å²) in [6.45, 7) is 6.38. The largest absolute Gasteiger partial charge is 0.490 e. The normalized spacial score (nSPS) is 11.2. The second kappa shape index (κ2) is 10.6. The number of rotatable bonds is 10. The molecule has 0 N–H and O–H groups in total. The molecule has 8 nitrogen and oxygen atoms in total. The van der Waals surface area contributed by atoms with Gasteiger partial charge in [-0.3, -0.25) is 4.79 Å². The highest BCUT2D eigenvalue weighted by atomic mass is 35.5. The van der Waals surface area contributed by atoms with E-state index < -0.39 is 0 Å². The summed E-state index contributed by atoms with van der Waals surface area (Å²) in [5, 5.41) is 5.39. The first-order valence-corrected chi connectivity index (χ1v) is 11.4. The van der Waals surface area contributed by atoms with Gasteiger partial charge < -0.3 is 23.2 Å². The van der Waals surface area contributed by atoms with Crippen molar-refractivity contribution in [1.29, 1.82) is 0 Å². The number of ether oxygens (including phenoxy) is 3. The molecule has 0 spiro atoms. The predicted octanol–water partition coefficient (Wildman–Crippen LogP) is 6.31. The Morgan fingerprint density at radius 1 is 1.15 bits per heavy atom. The van der Waals surface area contributed by atoms with Crippen LogP contribution in [0.2, 0.25) is 5.02 Å². The number of esters is 1. The first kappa shape index (κ1) is 23.6. The van der Waals surface area contributed by atoms with E-state index in [2.05, 4.69) is 10.1 Å². The van der Waals surface area contributed by atoms with E-state index in [9.17, 15) is 4.79 Å². The Kier molecular flexibility index (Phi) is 7.37. The summed E-state index contributed by atoms with van der Waals surface area (Å²) in [5.41, 5.74) is 1.99. The van der Waals surface area contributed by atoms with Crippen LogP contribution in [0.5, 0.6) is 11.5 Å². The highest BCUT2D eigenvalue weighted by Gasteiger charge is 2.18. The zero-order chi connectivity index (χ0) is 24.1.